The van der Waals surface area contributed by atoms with Gasteiger partial charge in [-0.05, 0) is 31.8 Å². The molecule has 0 aromatic heterocycles. The van der Waals surface area contributed by atoms with Crippen molar-refractivity contribution in [1.29, 1.82) is 0 Å². The zero-order chi connectivity index (χ0) is 9.68. The normalized spacial score (nSPS) is 19.4. The number of hydrogen-bond acceptors (Lipinski definition) is 2. The topological polar surface area (TPSA) is 23.5 Å². The van der Waals surface area contributed by atoms with Crippen LogP contribution in [-0.4, -0.2) is 35.7 Å². The van der Waals surface area contributed by atoms with E-state index in [0.717, 1.165) is 38.4 Å². The first-order valence-electron chi connectivity index (χ1n) is 5.66. The van der Waals surface area contributed by atoms with E-state index in [2.05, 4.69) is 18.7 Å². The molecule has 0 aliphatic heterocycles. The van der Waals surface area contributed by atoms with Gasteiger partial charge in [0.05, 0.1) is 6.10 Å². The average Bonchev–Trinajstić information content (AvgIpc) is 2.90. The van der Waals surface area contributed by atoms with Gasteiger partial charge in [-0.2, -0.15) is 0 Å². The Kier molecular flexibility index (Phi) is 4.74. The molecule has 1 N–H and O–H groups in total. The summed E-state index contributed by atoms with van der Waals surface area (Å²) in [6, 6.07) is 0. The van der Waals surface area contributed by atoms with Gasteiger partial charge in [0.1, 0.15) is 0 Å². The van der Waals surface area contributed by atoms with E-state index in [1.807, 2.05) is 0 Å². The first-order valence-corrected chi connectivity index (χ1v) is 5.66. The van der Waals surface area contributed by atoms with E-state index in [1.165, 1.54) is 12.8 Å². The summed E-state index contributed by atoms with van der Waals surface area (Å²) in [7, 11) is 0. The third-order valence-corrected chi connectivity index (χ3v) is 2.98. The van der Waals surface area contributed by atoms with Crippen molar-refractivity contribution in [3.63, 3.8) is 0 Å². The maximum atomic E-state index is 9.67. The van der Waals surface area contributed by atoms with E-state index in [0.29, 0.717) is 0 Å². The van der Waals surface area contributed by atoms with Crippen LogP contribution in [0.4, 0.5) is 0 Å². The first kappa shape index (κ1) is 11.0. The lowest BCUT2D eigenvalue weighted by Crippen LogP contribution is -2.27. The van der Waals surface area contributed by atoms with Gasteiger partial charge in [-0.1, -0.05) is 26.7 Å². The van der Waals surface area contributed by atoms with Crippen LogP contribution in [0.3, 0.4) is 0 Å². The van der Waals surface area contributed by atoms with E-state index in [-0.39, 0.29) is 6.10 Å². The lowest BCUT2D eigenvalue weighted by molar-refractivity contribution is 0.129. The minimum absolute atomic E-state index is 0.0481. The Morgan fingerprint density at radius 2 is 1.92 bits per heavy atom. The molecular formula is C11H23NO. The van der Waals surface area contributed by atoms with Gasteiger partial charge < -0.3 is 10.0 Å². The van der Waals surface area contributed by atoms with Crippen LogP contribution < -0.4 is 0 Å². The van der Waals surface area contributed by atoms with Crippen molar-refractivity contribution in [3.8, 4) is 0 Å². The van der Waals surface area contributed by atoms with Gasteiger partial charge in [0.15, 0.2) is 0 Å². The van der Waals surface area contributed by atoms with Crippen molar-refractivity contribution in [2.45, 2.75) is 45.6 Å². The molecule has 0 amide bonds. The lowest BCUT2D eigenvalue weighted by atomic mass is 10.1. The maximum Gasteiger partial charge on any atom is 0.0555 e. The molecule has 13 heavy (non-hydrogen) atoms. The number of aliphatic hydroxyl groups excluding tert-OH is 1. The van der Waals surface area contributed by atoms with E-state index in [9.17, 15) is 5.11 Å². The minimum atomic E-state index is -0.0481. The summed E-state index contributed by atoms with van der Waals surface area (Å²) < 4.78 is 0. The van der Waals surface area contributed by atoms with Crippen molar-refractivity contribution in [1.82, 2.24) is 4.90 Å². The largest absolute Gasteiger partial charge is 0.393 e. The van der Waals surface area contributed by atoms with Crippen LogP contribution in [-0.2, 0) is 0 Å². The fourth-order valence-corrected chi connectivity index (χ4v) is 1.73. The third-order valence-electron chi connectivity index (χ3n) is 2.98. The van der Waals surface area contributed by atoms with Gasteiger partial charge in [0, 0.05) is 6.54 Å². The fraction of sp³-hybridized carbons (Fsp3) is 1.00. The fourth-order valence-electron chi connectivity index (χ4n) is 1.73. The lowest BCUT2D eigenvalue weighted by Gasteiger charge is -2.19. The molecule has 78 valence electrons. The molecule has 1 aliphatic carbocycles. The van der Waals surface area contributed by atoms with Crippen LogP contribution >= 0.6 is 0 Å². The SMILES string of the molecule is CCN(CC)CCC(O)CC1CC1. The number of nitrogens with zero attached hydrogens (tertiary/aromatic N) is 1. The predicted octanol–water partition coefficient (Wildman–Crippen LogP) is 1.88. The highest BCUT2D eigenvalue weighted by Gasteiger charge is 2.24. The molecule has 0 aromatic rings. The van der Waals surface area contributed by atoms with Crippen molar-refractivity contribution in [2.75, 3.05) is 19.6 Å². The van der Waals surface area contributed by atoms with Gasteiger partial charge in [-0.25, -0.2) is 0 Å². The summed E-state index contributed by atoms with van der Waals surface area (Å²) in [6.07, 6.45) is 4.65. The molecular weight excluding hydrogens is 162 g/mol. The Morgan fingerprint density at radius 1 is 1.31 bits per heavy atom. The summed E-state index contributed by atoms with van der Waals surface area (Å²) in [6.45, 7) is 7.62. The van der Waals surface area contributed by atoms with Gasteiger partial charge >= 0.3 is 0 Å². The highest BCUT2D eigenvalue weighted by atomic mass is 16.3. The van der Waals surface area contributed by atoms with Gasteiger partial charge in [-0.15, -0.1) is 0 Å². The van der Waals surface area contributed by atoms with E-state index in [1.54, 1.807) is 0 Å². The molecule has 1 saturated carbocycles. The Hall–Kier alpha value is -0.0800. The second-order valence-electron chi connectivity index (χ2n) is 4.15. The zero-order valence-corrected chi connectivity index (χ0v) is 9.00. The van der Waals surface area contributed by atoms with E-state index < -0.39 is 0 Å². The molecule has 0 spiro atoms. The molecule has 0 saturated heterocycles. The van der Waals surface area contributed by atoms with Crippen LogP contribution in [0.1, 0.15) is 39.5 Å². The van der Waals surface area contributed by atoms with Crippen LogP contribution in [0.15, 0.2) is 0 Å². The van der Waals surface area contributed by atoms with Crippen LogP contribution in [0.2, 0.25) is 0 Å². The highest BCUT2D eigenvalue weighted by molar-refractivity contribution is 4.76. The molecule has 1 unspecified atom stereocenters. The molecule has 2 heteroatoms. The standard InChI is InChI=1S/C11H23NO/c1-3-12(4-2)8-7-11(13)9-10-5-6-10/h10-11,13H,3-9H2,1-2H3. The summed E-state index contributed by atoms with van der Waals surface area (Å²) in [4.78, 5) is 2.37. The summed E-state index contributed by atoms with van der Waals surface area (Å²) >= 11 is 0. The molecule has 1 fully saturated rings. The van der Waals surface area contributed by atoms with Crippen molar-refractivity contribution in [2.24, 2.45) is 5.92 Å². The molecule has 0 radical (unpaired) electrons. The molecule has 1 aliphatic rings. The van der Waals surface area contributed by atoms with Gasteiger partial charge in [-0.3, -0.25) is 0 Å². The predicted molar refractivity (Wildman–Crippen MR) is 55.8 cm³/mol. The molecule has 1 atom stereocenters. The molecule has 2 nitrogen and oxygen atoms in total. The molecule has 0 aromatic carbocycles. The van der Waals surface area contributed by atoms with Gasteiger partial charge in [0.25, 0.3) is 0 Å². The summed E-state index contributed by atoms with van der Waals surface area (Å²) in [5.74, 6) is 0.853. The monoisotopic (exact) mass is 185 g/mol. The van der Waals surface area contributed by atoms with Crippen LogP contribution in [0.25, 0.3) is 0 Å². The number of hydrogen-bond donors (Lipinski definition) is 1. The third kappa shape index (κ3) is 4.63. The molecule has 1 rings (SSSR count). The second-order valence-corrected chi connectivity index (χ2v) is 4.15. The van der Waals surface area contributed by atoms with Gasteiger partial charge in [0.2, 0.25) is 0 Å². The zero-order valence-electron chi connectivity index (χ0n) is 9.00. The van der Waals surface area contributed by atoms with Crippen molar-refractivity contribution in [3.05, 3.63) is 0 Å². The minimum Gasteiger partial charge on any atom is -0.393 e. The Labute approximate surface area is 81.9 Å². The molecule has 0 bridgehead atoms. The summed E-state index contributed by atoms with van der Waals surface area (Å²) in [5.41, 5.74) is 0. The van der Waals surface area contributed by atoms with Crippen LogP contribution in [0.5, 0.6) is 0 Å². The smallest absolute Gasteiger partial charge is 0.0555 e. The second kappa shape index (κ2) is 5.61. The Balaban J connectivity index is 2.01. The number of rotatable bonds is 7. The van der Waals surface area contributed by atoms with E-state index >= 15 is 0 Å². The first-order chi connectivity index (χ1) is 6.26. The van der Waals surface area contributed by atoms with Crippen molar-refractivity contribution < 1.29 is 5.11 Å². The highest BCUT2D eigenvalue weighted by Crippen LogP contribution is 2.33. The number of aliphatic hydroxyl groups is 1. The quantitative estimate of drug-likeness (QED) is 0.654. The Morgan fingerprint density at radius 3 is 2.38 bits per heavy atom. The maximum absolute atomic E-state index is 9.67. The average molecular weight is 185 g/mol. The van der Waals surface area contributed by atoms with Crippen LogP contribution in [0, 0.1) is 5.92 Å². The van der Waals surface area contributed by atoms with Crippen molar-refractivity contribution >= 4 is 0 Å². The molecule has 0 heterocycles. The summed E-state index contributed by atoms with van der Waals surface area (Å²) in [5, 5.41) is 9.67. The van der Waals surface area contributed by atoms with E-state index in [4.69, 9.17) is 0 Å². The Bertz CT molecular complexity index is 130.